The van der Waals surface area contributed by atoms with Crippen LogP contribution in [0, 0.1) is 11.8 Å². The van der Waals surface area contributed by atoms with Crippen LogP contribution in [0.25, 0.3) is 0 Å². The summed E-state index contributed by atoms with van der Waals surface area (Å²) in [7, 11) is 1.64. The molecular weight excluding hydrogens is 232 g/mol. The van der Waals surface area contributed by atoms with Crippen molar-refractivity contribution in [3.8, 4) is 5.75 Å². The Balaban J connectivity index is 2.12. The van der Waals surface area contributed by atoms with Crippen molar-refractivity contribution in [2.24, 2.45) is 11.8 Å². The lowest BCUT2D eigenvalue weighted by Crippen LogP contribution is -2.26. The van der Waals surface area contributed by atoms with Gasteiger partial charge in [-0.15, -0.1) is 11.3 Å². The number of rotatable bonds is 4. The normalized spacial score (nSPS) is 24.6. The molecule has 2 atom stereocenters. The maximum absolute atomic E-state index is 12.5. The van der Waals surface area contributed by atoms with Crippen molar-refractivity contribution in [1.29, 1.82) is 0 Å². The highest BCUT2D eigenvalue weighted by Gasteiger charge is 2.30. The van der Waals surface area contributed by atoms with Gasteiger partial charge in [-0.3, -0.25) is 4.79 Å². The Morgan fingerprint density at radius 1 is 1.47 bits per heavy atom. The van der Waals surface area contributed by atoms with Crippen LogP contribution >= 0.6 is 11.3 Å². The van der Waals surface area contributed by atoms with E-state index < -0.39 is 0 Å². The average Bonchev–Trinajstić information content (AvgIpc) is 2.86. The van der Waals surface area contributed by atoms with E-state index in [2.05, 4.69) is 6.92 Å². The summed E-state index contributed by atoms with van der Waals surface area (Å²) in [5, 5.41) is 1.91. The summed E-state index contributed by atoms with van der Waals surface area (Å²) in [5.74, 6) is 1.98. The van der Waals surface area contributed by atoms with Gasteiger partial charge in [-0.2, -0.15) is 0 Å². The standard InChI is InChI=1S/C14H20O2S/c1-3-10-6-4-5-7-12(10)14(15)13-8-11(16-2)9-17-13/h8-10,12H,3-7H2,1-2H3. The van der Waals surface area contributed by atoms with E-state index in [4.69, 9.17) is 4.74 Å². The van der Waals surface area contributed by atoms with E-state index in [1.54, 1.807) is 7.11 Å². The molecule has 1 aliphatic carbocycles. The molecule has 94 valence electrons. The molecule has 0 saturated heterocycles. The topological polar surface area (TPSA) is 26.3 Å². The first kappa shape index (κ1) is 12.6. The summed E-state index contributed by atoms with van der Waals surface area (Å²) < 4.78 is 5.14. The van der Waals surface area contributed by atoms with Crippen molar-refractivity contribution in [2.75, 3.05) is 7.11 Å². The van der Waals surface area contributed by atoms with Crippen LogP contribution in [0.1, 0.15) is 48.7 Å². The molecule has 0 N–H and O–H groups in total. The van der Waals surface area contributed by atoms with Gasteiger partial charge in [0.1, 0.15) is 5.75 Å². The van der Waals surface area contributed by atoms with Gasteiger partial charge in [0.05, 0.1) is 12.0 Å². The molecule has 0 aliphatic heterocycles. The van der Waals surface area contributed by atoms with E-state index in [9.17, 15) is 4.79 Å². The first-order chi connectivity index (χ1) is 8.26. The number of carbonyl (C=O) groups excluding carboxylic acids is 1. The number of thiophene rings is 1. The van der Waals surface area contributed by atoms with Crippen LogP contribution in [0.4, 0.5) is 0 Å². The summed E-state index contributed by atoms with van der Waals surface area (Å²) in [5.41, 5.74) is 0. The molecule has 0 spiro atoms. The maximum atomic E-state index is 12.5. The average molecular weight is 252 g/mol. The molecular formula is C14H20O2S. The van der Waals surface area contributed by atoms with E-state index in [0.717, 1.165) is 23.5 Å². The second kappa shape index (κ2) is 5.67. The molecule has 3 heteroatoms. The molecule has 1 aromatic heterocycles. The van der Waals surface area contributed by atoms with Gasteiger partial charge < -0.3 is 4.74 Å². The van der Waals surface area contributed by atoms with E-state index in [1.807, 2.05) is 11.4 Å². The third kappa shape index (κ3) is 2.71. The van der Waals surface area contributed by atoms with Crippen molar-refractivity contribution < 1.29 is 9.53 Å². The highest BCUT2D eigenvalue weighted by atomic mass is 32.1. The van der Waals surface area contributed by atoms with E-state index in [1.165, 1.54) is 30.6 Å². The molecule has 1 fully saturated rings. The Hall–Kier alpha value is -0.830. The molecule has 1 aromatic rings. The van der Waals surface area contributed by atoms with Crippen LogP contribution in [0.15, 0.2) is 11.4 Å². The lowest BCUT2D eigenvalue weighted by Gasteiger charge is -2.29. The molecule has 2 rings (SSSR count). The number of hydrogen-bond acceptors (Lipinski definition) is 3. The Morgan fingerprint density at radius 3 is 2.88 bits per heavy atom. The number of carbonyl (C=O) groups is 1. The highest BCUT2D eigenvalue weighted by Crippen LogP contribution is 2.36. The fourth-order valence-corrected chi connectivity index (χ4v) is 3.64. The third-order valence-corrected chi connectivity index (χ3v) is 4.75. The predicted octanol–water partition coefficient (Wildman–Crippen LogP) is 4.16. The van der Waals surface area contributed by atoms with Gasteiger partial charge in [0.2, 0.25) is 0 Å². The van der Waals surface area contributed by atoms with Gasteiger partial charge in [-0.1, -0.05) is 26.2 Å². The van der Waals surface area contributed by atoms with Crippen LogP contribution < -0.4 is 4.74 Å². The van der Waals surface area contributed by atoms with Crippen molar-refractivity contribution in [2.45, 2.75) is 39.0 Å². The van der Waals surface area contributed by atoms with Gasteiger partial charge in [0.15, 0.2) is 5.78 Å². The van der Waals surface area contributed by atoms with Crippen LogP contribution in [0.3, 0.4) is 0 Å². The van der Waals surface area contributed by atoms with Crippen molar-refractivity contribution in [3.63, 3.8) is 0 Å². The number of methoxy groups -OCH3 is 1. The Morgan fingerprint density at radius 2 is 2.24 bits per heavy atom. The minimum absolute atomic E-state index is 0.247. The molecule has 0 amide bonds. The lowest BCUT2D eigenvalue weighted by molar-refractivity contribution is 0.0824. The number of ether oxygens (including phenoxy) is 1. The largest absolute Gasteiger partial charge is 0.496 e. The lowest BCUT2D eigenvalue weighted by atomic mass is 9.75. The molecule has 1 heterocycles. The minimum atomic E-state index is 0.247. The molecule has 0 radical (unpaired) electrons. The first-order valence-corrected chi connectivity index (χ1v) is 7.31. The Kier molecular flexibility index (Phi) is 4.21. The number of hydrogen-bond donors (Lipinski definition) is 0. The summed E-state index contributed by atoms with van der Waals surface area (Å²) in [6.07, 6.45) is 5.90. The summed E-state index contributed by atoms with van der Waals surface area (Å²) >= 11 is 1.51. The quantitative estimate of drug-likeness (QED) is 0.752. The van der Waals surface area contributed by atoms with Crippen LogP contribution in [-0.4, -0.2) is 12.9 Å². The smallest absolute Gasteiger partial charge is 0.176 e. The summed E-state index contributed by atoms with van der Waals surface area (Å²) in [6.45, 7) is 2.20. The fourth-order valence-electron chi connectivity index (χ4n) is 2.78. The van der Waals surface area contributed by atoms with E-state index in [-0.39, 0.29) is 5.92 Å². The van der Waals surface area contributed by atoms with Crippen molar-refractivity contribution in [3.05, 3.63) is 16.3 Å². The molecule has 0 bridgehead atoms. The molecule has 0 aromatic carbocycles. The van der Waals surface area contributed by atoms with Crippen LogP contribution in [0.2, 0.25) is 0 Å². The Labute approximate surface area is 107 Å². The molecule has 2 unspecified atom stereocenters. The van der Waals surface area contributed by atoms with Gasteiger partial charge in [-0.25, -0.2) is 0 Å². The zero-order valence-electron chi connectivity index (χ0n) is 10.6. The van der Waals surface area contributed by atoms with E-state index in [0.29, 0.717) is 11.7 Å². The third-order valence-electron chi connectivity index (χ3n) is 3.82. The minimum Gasteiger partial charge on any atom is -0.496 e. The Bertz CT molecular complexity index is 383. The molecule has 2 nitrogen and oxygen atoms in total. The monoisotopic (exact) mass is 252 g/mol. The van der Waals surface area contributed by atoms with Crippen LogP contribution in [-0.2, 0) is 0 Å². The van der Waals surface area contributed by atoms with Crippen LogP contribution in [0.5, 0.6) is 5.75 Å². The fraction of sp³-hybridized carbons (Fsp3) is 0.643. The number of ketones is 1. The molecule has 17 heavy (non-hydrogen) atoms. The molecule has 1 aliphatic rings. The van der Waals surface area contributed by atoms with Crippen molar-refractivity contribution >= 4 is 17.1 Å². The van der Waals surface area contributed by atoms with Gasteiger partial charge in [-0.05, 0) is 18.8 Å². The maximum Gasteiger partial charge on any atom is 0.176 e. The van der Waals surface area contributed by atoms with Gasteiger partial charge >= 0.3 is 0 Å². The second-order valence-electron chi connectivity index (χ2n) is 4.77. The zero-order valence-corrected chi connectivity index (χ0v) is 11.4. The summed E-state index contributed by atoms with van der Waals surface area (Å²) in [6, 6.07) is 1.88. The summed E-state index contributed by atoms with van der Waals surface area (Å²) in [4.78, 5) is 13.3. The van der Waals surface area contributed by atoms with E-state index >= 15 is 0 Å². The zero-order chi connectivity index (χ0) is 12.3. The van der Waals surface area contributed by atoms with Gasteiger partial charge in [0.25, 0.3) is 0 Å². The molecule has 1 saturated carbocycles. The highest BCUT2D eigenvalue weighted by molar-refractivity contribution is 7.12. The van der Waals surface area contributed by atoms with Crippen molar-refractivity contribution in [1.82, 2.24) is 0 Å². The van der Waals surface area contributed by atoms with Gasteiger partial charge in [0, 0.05) is 17.4 Å². The second-order valence-corrected chi connectivity index (χ2v) is 5.69. The first-order valence-electron chi connectivity index (χ1n) is 6.43. The number of Topliss-reactive ketones (excluding diaryl/α,β-unsaturated/α-hetero) is 1. The predicted molar refractivity (Wildman–Crippen MR) is 70.9 cm³/mol. The SMILES string of the molecule is CCC1CCCCC1C(=O)c1cc(OC)cs1.